The highest BCUT2D eigenvalue weighted by molar-refractivity contribution is 7.99. The normalized spacial score (nSPS) is 17.7. The number of nitrogens with zero attached hydrogens (tertiary/aromatic N) is 5. The number of amides is 1. The Hall–Kier alpha value is -2.35. The van der Waals surface area contributed by atoms with Crippen LogP contribution < -0.4 is 9.80 Å². The van der Waals surface area contributed by atoms with Crippen LogP contribution in [0.1, 0.15) is 5.56 Å². The topological polar surface area (TPSA) is 52.6 Å². The van der Waals surface area contributed by atoms with Gasteiger partial charge in [0, 0.05) is 56.8 Å². The van der Waals surface area contributed by atoms with Crippen LogP contribution in [-0.2, 0) is 11.2 Å². The number of carbonyl (C=O) groups is 1. The molecule has 0 N–H and O–H groups in total. The van der Waals surface area contributed by atoms with Crippen molar-refractivity contribution in [1.82, 2.24) is 14.9 Å². The molecule has 3 heterocycles. The Morgan fingerprint density at radius 1 is 0.964 bits per heavy atom. The Kier molecular flexibility index (Phi) is 5.95. The number of aromatic nitrogens is 2. The number of anilines is 2. The molecule has 28 heavy (non-hydrogen) atoms. The van der Waals surface area contributed by atoms with Crippen molar-refractivity contribution in [3.8, 4) is 0 Å². The number of thioether (sulfide) groups is 1. The first-order valence-corrected chi connectivity index (χ1v) is 10.8. The van der Waals surface area contributed by atoms with Crippen molar-refractivity contribution in [1.29, 1.82) is 0 Å². The molecule has 1 aromatic heterocycles. The molecule has 0 bridgehead atoms. The Labute approximate surface area is 168 Å². The summed E-state index contributed by atoms with van der Waals surface area (Å²) in [6, 6.07) is 8.52. The van der Waals surface area contributed by atoms with E-state index < -0.39 is 0 Å². The summed E-state index contributed by atoms with van der Waals surface area (Å²) < 4.78 is 13.8. The Bertz CT molecular complexity index is 822. The number of halogens is 1. The van der Waals surface area contributed by atoms with E-state index in [0.717, 1.165) is 49.3 Å². The van der Waals surface area contributed by atoms with E-state index in [2.05, 4.69) is 19.8 Å². The van der Waals surface area contributed by atoms with Crippen LogP contribution in [0.15, 0.2) is 36.7 Å². The molecule has 2 fully saturated rings. The van der Waals surface area contributed by atoms with Crippen molar-refractivity contribution in [2.45, 2.75) is 6.42 Å². The number of hydrogen-bond acceptors (Lipinski definition) is 6. The molecular weight excluding hydrogens is 377 g/mol. The van der Waals surface area contributed by atoms with Gasteiger partial charge in [-0.25, -0.2) is 14.4 Å². The van der Waals surface area contributed by atoms with Gasteiger partial charge in [-0.3, -0.25) is 4.79 Å². The van der Waals surface area contributed by atoms with Crippen LogP contribution in [0.5, 0.6) is 0 Å². The van der Waals surface area contributed by atoms with Crippen molar-refractivity contribution in [2.24, 2.45) is 0 Å². The van der Waals surface area contributed by atoms with Crippen LogP contribution in [0.3, 0.4) is 0 Å². The molecule has 1 amide bonds. The lowest BCUT2D eigenvalue weighted by atomic mass is 10.1. The molecule has 2 aliphatic heterocycles. The van der Waals surface area contributed by atoms with Gasteiger partial charge in [-0.05, 0) is 11.6 Å². The summed E-state index contributed by atoms with van der Waals surface area (Å²) in [6.45, 7) is 4.70. The molecule has 0 spiro atoms. The fourth-order valence-corrected chi connectivity index (χ4v) is 4.48. The average Bonchev–Trinajstić information content (AvgIpc) is 2.76. The highest BCUT2D eigenvalue weighted by atomic mass is 32.2. The van der Waals surface area contributed by atoms with Crippen LogP contribution >= 0.6 is 11.8 Å². The molecule has 4 rings (SSSR count). The highest BCUT2D eigenvalue weighted by Gasteiger charge is 2.23. The minimum absolute atomic E-state index is 0.0288. The van der Waals surface area contributed by atoms with Gasteiger partial charge in [0.2, 0.25) is 5.91 Å². The molecule has 0 aliphatic carbocycles. The van der Waals surface area contributed by atoms with E-state index in [1.54, 1.807) is 24.5 Å². The van der Waals surface area contributed by atoms with Gasteiger partial charge in [0.15, 0.2) is 0 Å². The van der Waals surface area contributed by atoms with Gasteiger partial charge in [-0.1, -0.05) is 18.2 Å². The second-order valence-electron chi connectivity index (χ2n) is 6.97. The first-order valence-electron chi connectivity index (χ1n) is 9.61. The number of carbonyl (C=O) groups excluding carboxylic acids is 1. The third kappa shape index (κ3) is 4.38. The van der Waals surface area contributed by atoms with Crippen molar-refractivity contribution in [2.75, 3.05) is 60.6 Å². The summed E-state index contributed by atoms with van der Waals surface area (Å²) in [5.74, 6) is 3.79. The van der Waals surface area contributed by atoms with Crippen LogP contribution in [0, 0.1) is 5.82 Å². The van der Waals surface area contributed by atoms with Gasteiger partial charge in [-0.2, -0.15) is 11.8 Å². The molecular formula is C20H24FN5OS. The smallest absolute Gasteiger partial charge is 0.227 e. The number of benzene rings is 1. The molecule has 1 aromatic carbocycles. The molecule has 0 atom stereocenters. The van der Waals surface area contributed by atoms with Crippen LogP contribution in [-0.4, -0.2) is 71.5 Å². The Morgan fingerprint density at radius 3 is 2.29 bits per heavy atom. The lowest BCUT2D eigenvalue weighted by Gasteiger charge is -2.36. The third-order valence-electron chi connectivity index (χ3n) is 5.23. The fraction of sp³-hybridized carbons (Fsp3) is 0.450. The average molecular weight is 402 g/mol. The van der Waals surface area contributed by atoms with E-state index in [-0.39, 0.29) is 18.1 Å². The van der Waals surface area contributed by atoms with E-state index >= 15 is 0 Å². The second-order valence-corrected chi connectivity index (χ2v) is 8.19. The third-order valence-corrected chi connectivity index (χ3v) is 6.17. The zero-order valence-corrected chi connectivity index (χ0v) is 16.6. The Balaban J connectivity index is 1.35. The lowest BCUT2D eigenvalue weighted by molar-refractivity contribution is -0.130. The van der Waals surface area contributed by atoms with Crippen LogP contribution in [0.25, 0.3) is 0 Å². The van der Waals surface area contributed by atoms with E-state index in [0.29, 0.717) is 18.7 Å². The second kappa shape index (κ2) is 8.77. The summed E-state index contributed by atoms with van der Waals surface area (Å²) >= 11 is 1.97. The van der Waals surface area contributed by atoms with Gasteiger partial charge in [0.25, 0.3) is 0 Å². The predicted molar refractivity (Wildman–Crippen MR) is 110 cm³/mol. The maximum Gasteiger partial charge on any atom is 0.227 e. The summed E-state index contributed by atoms with van der Waals surface area (Å²) in [7, 11) is 0. The monoisotopic (exact) mass is 401 g/mol. The SMILES string of the molecule is O=C(Cc1ccccc1F)N1CCN(c2cc(N3CCSCC3)ncn2)CC1. The van der Waals surface area contributed by atoms with Gasteiger partial charge >= 0.3 is 0 Å². The molecule has 0 radical (unpaired) electrons. The quantitative estimate of drug-likeness (QED) is 0.782. The summed E-state index contributed by atoms with van der Waals surface area (Å²) in [5.41, 5.74) is 0.454. The van der Waals surface area contributed by atoms with Gasteiger partial charge < -0.3 is 14.7 Å². The number of hydrogen-bond donors (Lipinski definition) is 0. The minimum Gasteiger partial charge on any atom is -0.355 e. The number of piperazine rings is 1. The van der Waals surface area contributed by atoms with Crippen LogP contribution in [0.2, 0.25) is 0 Å². The van der Waals surface area contributed by atoms with Crippen molar-refractivity contribution in [3.63, 3.8) is 0 Å². The van der Waals surface area contributed by atoms with Crippen molar-refractivity contribution in [3.05, 3.63) is 48.0 Å². The minimum atomic E-state index is -0.320. The maximum atomic E-state index is 13.8. The molecule has 148 valence electrons. The maximum absolute atomic E-state index is 13.8. The van der Waals surface area contributed by atoms with E-state index in [1.807, 2.05) is 22.7 Å². The molecule has 2 aliphatic rings. The zero-order chi connectivity index (χ0) is 19.3. The Morgan fingerprint density at radius 2 is 1.61 bits per heavy atom. The van der Waals surface area contributed by atoms with Gasteiger partial charge in [0.05, 0.1) is 6.42 Å². The standard InChI is InChI=1S/C20H24FN5OS/c21-17-4-2-1-3-16(17)13-20(27)26-7-5-24(6-8-26)18-14-19(23-15-22-18)25-9-11-28-12-10-25/h1-4,14-15H,5-13H2. The van der Waals surface area contributed by atoms with E-state index in [1.165, 1.54) is 6.07 Å². The lowest BCUT2D eigenvalue weighted by Crippen LogP contribution is -2.49. The first kappa shape index (κ1) is 19.0. The van der Waals surface area contributed by atoms with Gasteiger partial charge in [-0.15, -0.1) is 0 Å². The number of rotatable bonds is 4. The summed E-state index contributed by atoms with van der Waals surface area (Å²) in [6.07, 6.45) is 1.74. The summed E-state index contributed by atoms with van der Waals surface area (Å²) in [5, 5.41) is 0. The van der Waals surface area contributed by atoms with E-state index in [9.17, 15) is 9.18 Å². The molecule has 0 unspecified atom stereocenters. The summed E-state index contributed by atoms with van der Waals surface area (Å²) in [4.78, 5) is 27.7. The fourth-order valence-electron chi connectivity index (χ4n) is 3.58. The molecule has 8 heteroatoms. The van der Waals surface area contributed by atoms with Crippen molar-refractivity contribution >= 4 is 29.3 Å². The highest BCUT2D eigenvalue weighted by Crippen LogP contribution is 2.22. The largest absolute Gasteiger partial charge is 0.355 e. The molecule has 2 aromatic rings. The molecule has 2 saturated heterocycles. The van der Waals surface area contributed by atoms with E-state index in [4.69, 9.17) is 0 Å². The zero-order valence-electron chi connectivity index (χ0n) is 15.8. The van der Waals surface area contributed by atoms with Crippen molar-refractivity contribution < 1.29 is 9.18 Å². The first-order chi connectivity index (χ1) is 13.7. The van der Waals surface area contributed by atoms with Gasteiger partial charge in [0.1, 0.15) is 23.8 Å². The predicted octanol–water partition coefficient (Wildman–Crippen LogP) is 2.06. The molecule has 6 nitrogen and oxygen atoms in total. The van der Waals surface area contributed by atoms with Crippen LogP contribution in [0.4, 0.5) is 16.0 Å². The molecule has 0 saturated carbocycles.